The molecule has 3 rings (SSSR count). The van der Waals surface area contributed by atoms with Gasteiger partial charge in [-0.05, 0) is 36.1 Å². The molecule has 1 saturated heterocycles. The fourth-order valence-corrected chi connectivity index (χ4v) is 4.55. The van der Waals surface area contributed by atoms with Crippen LogP contribution >= 0.6 is 0 Å². The number of amides is 2. The van der Waals surface area contributed by atoms with E-state index >= 15 is 0 Å². The molecule has 2 aromatic rings. The predicted octanol–water partition coefficient (Wildman–Crippen LogP) is 2.51. The van der Waals surface area contributed by atoms with Gasteiger partial charge in [-0.2, -0.15) is 8.78 Å². The highest BCUT2D eigenvalue weighted by molar-refractivity contribution is 7.89. The molecule has 12 heteroatoms. The van der Waals surface area contributed by atoms with Gasteiger partial charge in [-0.25, -0.2) is 18.5 Å². The van der Waals surface area contributed by atoms with E-state index in [1.807, 2.05) is 26.0 Å². The molecule has 1 aliphatic heterocycles. The Bertz CT molecular complexity index is 1210. The van der Waals surface area contributed by atoms with Crippen LogP contribution in [-0.4, -0.2) is 55.6 Å². The molecule has 0 saturated carbocycles. The molecule has 1 aromatic heterocycles. The minimum atomic E-state index is -3.82. The Morgan fingerprint density at radius 2 is 1.86 bits per heavy atom. The summed E-state index contributed by atoms with van der Waals surface area (Å²) in [5.74, 6) is -1.84. The Kier molecular flexibility index (Phi) is 7.75. The fourth-order valence-electron chi connectivity index (χ4n) is 4.09. The first kappa shape index (κ1) is 26.5. The molecule has 2 amide bonds. The number of hydrogen-bond donors (Lipinski definition) is 2. The number of nitrogens with two attached hydrogens (primary N) is 1. The number of hydrogen-bond acceptors (Lipinski definition) is 6. The number of rotatable bonds is 9. The molecular weight excluding hydrogens is 482 g/mol. The van der Waals surface area contributed by atoms with Crippen molar-refractivity contribution in [1.82, 2.24) is 9.88 Å². The zero-order valence-corrected chi connectivity index (χ0v) is 20.4. The number of benzene rings is 1. The lowest BCUT2D eigenvalue weighted by molar-refractivity contribution is -0.143. The number of pyridine rings is 1. The Morgan fingerprint density at radius 3 is 2.46 bits per heavy atom. The molecule has 0 radical (unpaired) electrons. The summed E-state index contributed by atoms with van der Waals surface area (Å²) in [5, 5.41) is 7.65. The summed E-state index contributed by atoms with van der Waals surface area (Å²) in [6.45, 7) is 2.37. The fraction of sp³-hybridized carbons (Fsp3) is 0.435. The first-order valence-electron chi connectivity index (χ1n) is 10.9. The van der Waals surface area contributed by atoms with Crippen LogP contribution in [0.2, 0.25) is 0 Å². The van der Waals surface area contributed by atoms with Crippen molar-refractivity contribution in [3.8, 4) is 5.88 Å². The number of aromatic nitrogens is 1. The topological polar surface area (TPSA) is 132 Å². The molecule has 2 heterocycles. The van der Waals surface area contributed by atoms with Crippen LogP contribution in [0, 0.1) is 6.92 Å². The van der Waals surface area contributed by atoms with Gasteiger partial charge in [0.25, 0.3) is 0 Å². The normalized spacial score (nSPS) is 15.1. The third-order valence-corrected chi connectivity index (χ3v) is 6.63. The van der Waals surface area contributed by atoms with Crippen LogP contribution in [0.5, 0.6) is 5.88 Å². The van der Waals surface area contributed by atoms with Gasteiger partial charge in [-0.1, -0.05) is 38.1 Å². The number of alkyl halides is 2. The van der Waals surface area contributed by atoms with Crippen LogP contribution in [0.3, 0.4) is 0 Å². The van der Waals surface area contributed by atoms with Crippen molar-refractivity contribution >= 4 is 27.5 Å². The number of anilines is 1. The van der Waals surface area contributed by atoms with Crippen LogP contribution in [0.15, 0.2) is 36.4 Å². The number of halogens is 2. The predicted molar refractivity (Wildman–Crippen MR) is 126 cm³/mol. The Hall–Kier alpha value is -3.12. The summed E-state index contributed by atoms with van der Waals surface area (Å²) < 4.78 is 52.8. The number of primary sulfonamides is 1. The lowest BCUT2D eigenvalue weighted by atomic mass is 9.69. The molecule has 0 aliphatic carbocycles. The second kappa shape index (κ2) is 10.2. The van der Waals surface area contributed by atoms with Crippen LogP contribution in [-0.2, 0) is 25.0 Å². The zero-order valence-electron chi connectivity index (χ0n) is 19.6. The van der Waals surface area contributed by atoms with Gasteiger partial charge in [0.05, 0.1) is 5.75 Å². The highest BCUT2D eigenvalue weighted by atomic mass is 32.2. The van der Waals surface area contributed by atoms with Crippen molar-refractivity contribution in [3.05, 3.63) is 53.2 Å². The molecule has 1 aliphatic rings. The van der Waals surface area contributed by atoms with Crippen molar-refractivity contribution in [3.63, 3.8) is 0 Å². The largest absolute Gasteiger partial charge is 0.415 e. The molecule has 0 unspecified atom stereocenters. The van der Waals surface area contributed by atoms with E-state index in [0.29, 0.717) is 11.3 Å². The molecule has 3 N–H and O–H groups in total. The van der Waals surface area contributed by atoms with Crippen molar-refractivity contribution < 1.29 is 31.5 Å². The molecule has 190 valence electrons. The highest BCUT2D eigenvalue weighted by Gasteiger charge is 2.53. The van der Waals surface area contributed by atoms with Gasteiger partial charge in [-0.15, -0.1) is 0 Å². The van der Waals surface area contributed by atoms with Gasteiger partial charge in [0.1, 0.15) is 11.1 Å². The van der Waals surface area contributed by atoms with Crippen LogP contribution in [0.1, 0.15) is 43.0 Å². The van der Waals surface area contributed by atoms with Crippen molar-refractivity contribution in [2.75, 3.05) is 24.2 Å². The molecule has 0 bridgehead atoms. The molecule has 9 nitrogen and oxygen atoms in total. The van der Waals surface area contributed by atoms with E-state index in [9.17, 15) is 26.8 Å². The van der Waals surface area contributed by atoms with E-state index in [1.54, 1.807) is 25.1 Å². The van der Waals surface area contributed by atoms with Crippen LogP contribution < -0.4 is 15.2 Å². The average Bonchev–Trinajstić information content (AvgIpc) is 2.73. The second-order valence-electron chi connectivity index (χ2n) is 8.83. The van der Waals surface area contributed by atoms with Gasteiger partial charge < -0.3 is 15.0 Å². The number of carbonyl (C=O) groups is 2. The van der Waals surface area contributed by atoms with Gasteiger partial charge in [-0.3, -0.25) is 9.59 Å². The minimum absolute atomic E-state index is 0.0175. The zero-order chi connectivity index (χ0) is 26.0. The Labute approximate surface area is 202 Å². The number of nitrogens with zero attached hydrogens (tertiary/aromatic N) is 2. The SMILES string of the molecule is Cc1ccc(NC(=O)C2(c3ccccc3C(C)C)CN(C(=O)CCS(N)(=O)=O)C2)c(OC(F)F)n1. The average molecular weight is 511 g/mol. The van der Waals surface area contributed by atoms with Gasteiger partial charge in [0.15, 0.2) is 0 Å². The van der Waals surface area contributed by atoms with E-state index in [2.05, 4.69) is 15.0 Å². The van der Waals surface area contributed by atoms with Gasteiger partial charge >= 0.3 is 6.61 Å². The van der Waals surface area contributed by atoms with Gasteiger partial charge in [0, 0.05) is 25.2 Å². The Morgan fingerprint density at radius 1 is 1.20 bits per heavy atom. The summed E-state index contributed by atoms with van der Waals surface area (Å²) in [6.07, 6.45) is -0.309. The van der Waals surface area contributed by atoms with E-state index in [-0.39, 0.29) is 31.1 Å². The number of likely N-dealkylation sites (tertiary alicyclic amines) is 1. The number of aryl methyl sites for hydroxylation is 1. The third-order valence-electron chi connectivity index (χ3n) is 5.86. The third kappa shape index (κ3) is 6.12. The molecule has 35 heavy (non-hydrogen) atoms. The Balaban J connectivity index is 1.94. The molecular formula is C23H28F2N4O5S. The van der Waals surface area contributed by atoms with E-state index in [1.165, 1.54) is 11.0 Å². The van der Waals surface area contributed by atoms with E-state index < -0.39 is 45.5 Å². The number of ether oxygens (including phenoxy) is 1. The van der Waals surface area contributed by atoms with Crippen molar-refractivity contribution in [2.45, 2.75) is 45.1 Å². The van der Waals surface area contributed by atoms with Crippen LogP contribution in [0.4, 0.5) is 14.5 Å². The number of carbonyl (C=O) groups excluding carboxylic acids is 2. The second-order valence-corrected chi connectivity index (χ2v) is 10.6. The lowest BCUT2D eigenvalue weighted by Crippen LogP contribution is -2.66. The quantitative estimate of drug-likeness (QED) is 0.533. The van der Waals surface area contributed by atoms with E-state index in [4.69, 9.17) is 5.14 Å². The minimum Gasteiger partial charge on any atom is -0.415 e. The van der Waals surface area contributed by atoms with Crippen molar-refractivity contribution in [2.24, 2.45) is 5.14 Å². The van der Waals surface area contributed by atoms with Gasteiger partial charge in [0.2, 0.25) is 27.7 Å². The maximum atomic E-state index is 13.7. The number of sulfonamides is 1. The van der Waals surface area contributed by atoms with Crippen LogP contribution in [0.25, 0.3) is 0 Å². The smallest absolute Gasteiger partial charge is 0.388 e. The summed E-state index contributed by atoms with van der Waals surface area (Å²) >= 11 is 0. The first-order valence-corrected chi connectivity index (χ1v) is 12.7. The summed E-state index contributed by atoms with van der Waals surface area (Å²) in [6, 6.07) is 10.3. The maximum Gasteiger partial charge on any atom is 0.388 e. The monoisotopic (exact) mass is 510 g/mol. The summed E-state index contributed by atoms with van der Waals surface area (Å²) in [5.41, 5.74) is 0.797. The number of nitrogens with one attached hydrogen (secondary N) is 1. The highest BCUT2D eigenvalue weighted by Crippen LogP contribution is 2.40. The molecule has 0 atom stereocenters. The van der Waals surface area contributed by atoms with E-state index in [0.717, 1.165) is 5.56 Å². The standard InChI is InChI=1S/C23H28F2N4O5S/c1-14(2)16-6-4-5-7-17(16)23(12-29(13-23)19(30)10-11-35(26,32)33)21(31)28-18-9-8-15(3)27-20(18)34-22(24)25/h4-9,14,22H,10-13H2,1-3H3,(H,28,31)(H2,26,32,33). The molecule has 0 spiro atoms. The van der Waals surface area contributed by atoms with Crippen molar-refractivity contribution in [1.29, 1.82) is 0 Å². The first-order chi connectivity index (χ1) is 16.3. The molecule has 1 fully saturated rings. The molecule has 1 aromatic carbocycles. The summed E-state index contributed by atoms with van der Waals surface area (Å²) in [4.78, 5) is 31.6. The summed E-state index contributed by atoms with van der Waals surface area (Å²) in [7, 11) is -3.82. The maximum absolute atomic E-state index is 13.7. The lowest BCUT2D eigenvalue weighted by Gasteiger charge is -2.50.